The van der Waals surface area contributed by atoms with Crippen molar-refractivity contribution in [1.29, 1.82) is 0 Å². The van der Waals surface area contributed by atoms with E-state index in [1.54, 1.807) is 6.07 Å². The highest BCUT2D eigenvalue weighted by atomic mass is 79.9. The standard InChI is InChI=1S/C11H14BrNO2S/c1-16(14,15)11-5-4-9(8-10(11)12)13-6-2-3-7-13/h4-5,8H,2-3,6-7H2,1H3. The second-order valence-corrected chi connectivity index (χ2v) is 6.92. The van der Waals surface area contributed by atoms with Gasteiger partial charge in [0.05, 0.1) is 4.90 Å². The van der Waals surface area contributed by atoms with E-state index in [0.29, 0.717) is 9.37 Å². The van der Waals surface area contributed by atoms with Gasteiger partial charge in [0.2, 0.25) is 0 Å². The van der Waals surface area contributed by atoms with Crippen molar-refractivity contribution in [3.8, 4) is 0 Å². The first kappa shape index (κ1) is 11.9. The summed E-state index contributed by atoms with van der Waals surface area (Å²) in [6, 6.07) is 5.45. The van der Waals surface area contributed by atoms with Gasteiger partial charge >= 0.3 is 0 Å². The number of hydrogen-bond acceptors (Lipinski definition) is 3. The van der Waals surface area contributed by atoms with E-state index in [1.807, 2.05) is 12.1 Å². The summed E-state index contributed by atoms with van der Waals surface area (Å²) in [6.45, 7) is 2.12. The molecule has 0 aliphatic carbocycles. The molecule has 2 rings (SSSR count). The van der Waals surface area contributed by atoms with Crippen LogP contribution in [0.2, 0.25) is 0 Å². The molecule has 1 aliphatic rings. The summed E-state index contributed by atoms with van der Waals surface area (Å²) in [5, 5.41) is 0. The first-order valence-electron chi connectivity index (χ1n) is 5.23. The molecule has 0 radical (unpaired) electrons. The van der Waals surface area contributed by atoms with Gasteiger partial charge in [-0.1, -0.05) is 0 Å². The van der Waals surface area contributed by atoms with Gasteiger partial charge in [0.15, 0.2) is 9.84 Å². The minimum Gasteiger partial charge on any atom is -0.372 e. The normalized spacial score (nSPS) is 16.8. The van der Waals surface area contributed by atoms with Crippen molar-refractivity contribution in [3.05, 3.63) is 22.7 Å². The minimum absolute atomic E-state index is 0.357. The molecule has 1 heterocycles. The average Bonchev–Trinajstić information content (AvgIpc) is 2.68. The average molecular weight is 304 g/mol. The number of rotatable bonds is 2. The molecule has 0 N–H and O–H groups in total. The molecule has 3 nitrogen and oxygen atoms in total. The Morgan fingerprint density at radius 2 is 1.88 bits per heavy atom. The molecule has 1 fully saturated rings. The Kier molecular flexibility index (Phi) is 3.26. The fourth-order valence-electron chi connectivity index (χ4n) is 1.96. The Morgan fingerprint density at radius 3 is 2.38 bits per heavy atom. The zero-order valence-electron chi connectivity index (χ0n) is 9.11. The molecular weight excluding hydrogens is 290 g/mol. The molecule has 0 saturated carbocycles. The van der Waals surface area contributed by atoms with Gasteiger partial charge in [-0.25, -0.2) is 8.42 Å². The lowest BCUT2D eigenvalue weighted by Gasteiger charge is -2.18. The van der Waals surface area contributed by atoms with Crippen LogP contribution in [0.5, 0.6) is 0 Å². The third-order valence-electron chi connectivity index (χ3n) is 2.79. The van der Waals surface area contributed by atoms with Crippen LogP contribution in [0.25, 0.3) is 0 Å². The molecule has 0 spiro atoms. The van der Waals surface area contributed by atoms with Crippen LogP contribution < -0.4 is 4.90 Å². The van der Waals surface area contributed by atoms with Crippen molar-refractivity contribution in [2.45, 2.75) is 17.7 Å². The van der Waals surface area contributed by atoms with Crippen LogP contribution >= 0.6 is 15.9 Å². The third kappa shape index (κ3) is 2.40. The number of benzene rings is 1. The molecule has 0 bridgehead atoms. The third-order valence-corrected chi connectivity index (χ3v) is 4.86. The lowest BCUT2D eigenvalue weighted by molar-refractivity contribution is 0.601. The molecule has 1 saturated heterocycles. The number of hydrogen-bond donors (Lipinski definition) is 0. The fourth-order valence-corrected chi connectivity index (χ4v) is 3.94. The molecule has 0 amide bonds. The highest BCUT2D eigenvalue weighted by Gasteiger charge is 2.16. The van der Waals surface area contributed by atoms with Crippen LogP contribution in [0.4, 0.5) is 5.69 Å². The fraction of sp³-hybridized carbons (Fsp3) is 0.455. The quantitative estimate of drug-likeness (QED) is 0.842. The Bertz CT molecular complexity index is 493. The summed E-state index contributed by atoms with van der Waals surface area (Å²) >= 11 is 3.32. The summed E-state index contributed by atoms with van der Waals surface area (Å²) in [4.78, 5) is 2.63. The number of halogens is 1. The zero-order valence-corrected chi connectivity index (χ0v) is 11.5. The van der Waals surface area contributed by atoms with Gasteiger partial charge in [-0.05, 0) is 47.0 Å². The Labute approximate surface area is 105 Å². The smallest absolute Gasteiger partial charge is 0.176 e. The van der Waals surface area contributed by atoms with E-state index in [2.05, 4.69) is 20.8 Å². The molecule has 1 aliphatic heterocycles. The highest BCUT2D eigenvalue weighted by Crippen LogP contribution is 2.29. The maximum absolute atomic E-state index is 11.4. The predicted molar refractivity (Wildman–Crippen MR) is 68.7 cm³/mol. The maximum Gasteiger partial charge on any atom is 0.176 e. The van der Waals surface area contributed by atoms with Gasteiger partial charge in [-0.15, -0.1) is 0 Å². The van der Waals surface area contributed by atoms with E-state index in [4.69, 9.17) is 0 Å². The van der Waals surface area contributed by atoms with Crippen molar-refractivity contribution in [2.75, 3.05) is 24.2 Å². The van der Waals surface area contributed by atoms with Crippen LogP contribution in [0, 0.1) is 0 Å². The number of sulfone groups is 1. The topological polar surface area (TPSA) is 37.4 Å². The zero-order chi connectivity index (χ0) is 11.8. The molecule has 16 heavy (non-hydrogen) atoms. The first-order chi connectivity index (χ1) is 7.48. The van der Waals surface area contributed by atoms with Crippen molar-refractivity contribution in [1.82, 2.24) is 0 Å². The Morgan fingerprint density at radius 1 is 1.25 bits per heavy atom. The van der Waals surface area contributed by atoms with Crippen LogP contribution in [0.15, 0.2) is 27.6 Å². The second-order valence-electron chi connectivity index (χ2n) is 4.08. The van der Waals surface area contributed by atoms with Crippen molar-refractivity contribution < 1.29 is 8.42 Å². The van der Waals surface area contributed by atoms with E-state index in [1.165, 1.54) is 19.1 Å². The highest BCUT2D eigenvalue weighted by molar-refractivity contribution is 9.10. The van der Waals surface area contributed by atoms with Gasteiger partial charge < -0.3 is 4.90 Å². The molecule has 0 atom stereocenters. The van der Waals surface area contributed by atoms with Gasteiger partial charge in [-0.3, -0.25) is 0 Å². The summed E-state index contributed by atoms with van der Waals surface area (Å²) < 4.78 is 23.5. The van der Waals surface area contributed by atoms with Crippen molar-refractivity contribution in [3.63, 3.8) is 0 Å². The monoisotopic (exact) mass is 303 g/mol. The van der Waals surface area contributed by atoms with Crippen molar-refractivity contribution in [2.24, 2.45) is 0 Å². The summed E-state index contributed by atoms with van der Waals surface area (Å²) in [5.41, 5.74) is 1.09. The number of anilines is 1. The van der Waals surface area contributed by atoms with E-state index >= 15 is 0 Å². The minimum atomic E-state index is -3.14. The molecule has 0 unspecified atom stereocenters. The van der Waals surface area contributed by atoms with E-state index in [9.17, 15) is 8.42 Å². The number of nitrogens with zero attached hydrogens (tertiary/aromatic N) is 1. The van der Waals surface area contributed by atoms with Crippen LogP contribution in [-0.4, -0.2) is 27.8 Å². The lowest BCUT2D eigenvalue weighted by Crippen LogP contribution is -2.17. The molecule has 1 aromatic rings. The van der Waals surface area contributed by atoms with Crippen molar-refractivity contribution >= 4 is 31.5 Å². The summed E-state index contributed by atoms with van der Waals surface area (Å²) in [7, 11) is -3.14. The molecular formula is C11H14BrNO2S. The SMILES string of the molecule is CS(=O)(=O)c1ccc(N2CCCC2)cc1Br. The predicted octanol–water partition coefficient (Wildman–Crippen LogP) is 2.45. The molecule has 0 aromatic heterocycles. The van der Waals surface area contributed by atoms with Gasteiger partial charge in [0, 0.05) is 29.5 Å². The van der Waals surface area contributed by atoms with Gasteiger partial charge in [-0.2, -0.15) is 0 Å². The molecule has 1 aromatic carbocycles. The van der Waals surface area contributed by atoms with Crippen LogP contribution in [0.1, 0.15) is 12.8 Å². The molecule has 88 valence electrons. The van der Waals surface area contributed by atoms with Gasteiger partial charge in [0.1, 0.15) is 0 Å². The van der Waals surface area contributed by atoms with Gasteiger partial charge in [0.25, 0.3) is 0 Å². The summed E-state index contributed by atoms with van der Waals surface area (Å²) in [6.07, 6.45) is 3.65. The Balaban J connectivity index is 2.36. The van der Waals surface area contributed by atoms with E-state index < -0.39 is 9.84 Å². The van der Waals surface area contributed by atoms with E-state index in [-0.39, 0.29) is 0 Å². The largest absolute Gasteiger partial charge is 0.372 e. The van der Waals surface area contributed by atoms with Crippen LogP contribution in [-0.2, 0) is 9.84 Å². The lowest BCUT2D eigenvalue weighted by atomic mass is 10.3. The second kappa shape index (κ2) is 4.37. The Hall–Kier alpha value is -0.550. The maximum atomic E-state index is 11.4. The van der Waals surface area contributed by atoms with Crippen LogP contribution in [0.3, 0.4) is 0 Å². The summed E-state index contributed by atoms with van der Waals surface area (Å²) in [5.74, 6) is 0. The van der Waals surface area contributed by atoms with E-state index in [0.717, 1.165) is 18.8 Å². The molecule has 5 heteroatoms. The first-order valence-corrected chi connectivity index (χ1v) is 7.91.